The Morgan fingerprint density at radius 1 is 0.224 bits per heavy atom. The quantitative estimate of drug-likeness (QED) is 0.159. The fourth-order valence-electron chi connectivity index (χ4n) is 8.91. The van der Waals surface area contributed by atoms with Gasteiger partial charge in [-0.05, 0) is 82.5 Å². The van der Waals surface area contributed by atoms with Gasteiger partial charge < -0.3 is 0 Å². The molecule has 0 amide bonds. The van der Waals surface area contributed by atoms with Crippen molar-refractivity contribution in [1.82, 2.24) is 9.97 Å². The average molecular weight is 737 g/mol. The first-order valence-electron chi connectivity index (χ1n) is 19.8. The van der Waals surface area contributed by atoms with Crippen LogP contribution in [-0.2, 0) is 0 Å². The first-order valence-corrected chi connectivity index (χ1v) is 19.8. The van der Waals surface area contributed by atoms with Crippen molar-refractivity contribution in [2.45, 2.75) is 0 Å². The van der Waals surface area contributed by atoms with Crippen molar-refractivity contribution in [3.63, 3.8) is 0 Å². The van der Waals surface area contributed by atoms with Crippen LogP contribution in [0.4, 0.5) is 0 Å². The summed E-state index contributed by atoms with van der Waals surface area (Å²) in [5.41, 5.74) is 12.2. The highest BCUT2D eigenvalue weighted by molar-refractivity contribution is 6.24. The van der Waals surface area contributed by atoms with Crippen LogP contribution in [0.25, 0.3) is 110 Å². The van der Waals surface area contributed by atoms with Gasteiger partial charge in [0.15, 0.2) is 5.82 Å². The van der Waals surface area contributed by atoms with Crippen molar-refractivity contribution in [3.05, 3.63) is 218 Å². The molecule has 0 fully saturated rings. The highest BCUT2D eigenvalue weighted by Gasteiger charge is 2.20. The molecule has 58 heavy (non-hydrogen) atoms. The second kappa shape index (κ2) is 14.1. The average Bonchev–Trinajstić information content (AvgIpc) is 3.31. The first kappa shape index (κ1) is 33.6. The van der Waals surface area contributed by atoms with Gasteiger partial charge in [0.2, 0.25) is 0 Å². The van der Waals surface area contributed by atoms with E-state index in [0.29, 0.717) is 5.82 Å². The Labute approximate surface area is 337 Å². The molecule has 2 nitrogen and oxygen atoms in total. The van der Waals surface area contributed by atoms with Gasteiger partial charge in [-0.1, -0.05) is 212 Å². The van der Waals surface area contributed by atoms with Gasteiger partial charge >= 0.3 is 0 Å². The highest BCUT2D eigenvalue weighted by Crippen LogP contribution is 2.46. The molecular formula is C56H36N2. The fourth-order valence-corrected chi connectivity index (χ4v) is 8.91. The standard InChI is InChI=1S/C56H36N2/c1-4-18-37(19-5-1)40-32-33-45(42-25-11-10-24-41(40)42)52-36-53(58-56(57-52)39-22-8-3-9-23-39)46-34-35-51(44-27-13-12-26-43(44)46)55-49-30-16-14-28-47(49)54(38-20-6-2-7-21-38)48-29-15-17-31-50(48)55/h1-36H. The molecule has 0 atom stereocenters. The lowest BCUT2D eigenvalue weighted by atomic mass is 9.84. The lowest BCUT2D eigenvalue weighted by molar-refractivity contribution is 1.19. The molecule has 0 bridgehead atoms. The number of fused-ring (bicyclic) bond motifs is 4. The lowest BCUT2D eigenvalue weighted by Gasteiger charge is -2.20. The third kappa shape index (κ3) is 5.66. The van der Waals surface area contributed by atoms with E-state index in [1.54, 1.807) is 0 Å². The Kier molecular flexibility index (Phi) is 8.19. The van der Waals surface area contributed by atoms with Gasteiger partial charge in [0, 0.05) is 16.7 Å². The summed E-state index contributed by atoms with van der Waals surface area (Å²) >= 11 is 0. The third-order valence-corrected chi connectivity index (χ3v) is 11.5. The molecule has 2 heteroatoms. The summed E-state index contributed by atoms with van der Waals surface area (Å²) in [6, 6.07) is 78.1. The third-order valence-electron chi connectivity index (χ3n) is 11.5. The van der Waals surface area contributed by atoms with Crippen molar-refractivity contribution in [2.75, 3.05) is 0 Å². The molecule has 1 aromatic heterocycles. The molecule has 0 aliphatic carbocycles. The number of hydrogen-bond donors (Lipinski definition) is 0. The van der Waals surface area contributed by atoms with E-state index in [1.807, 2.05) is 6.07 Å². The Hall–Kier alpha value is -7.68. The van der Waals surface area contributed by atoms with E-state index in [0.717, 1.165) is 38.9 Å². The minimum atomic E-state index is 0.700. The van der Waals surface area contributed by atoms with Crippen LogP contribution in [0.15, 0.2) is 218 Å². The van der Waals surface area contributed by atoms with Gasteiger partial charge in [0.25, 0.3) is 0 Å². The molecule has 0 spiro atoms. The Morgan fingerprint density at radius 3 is 1.03 bits per heavy atom. The SMILES string of the molecule is c1ccc(-c2nc(-c3ccc(-c4ccccc4)c4ccccc34)cc(-c3ccc(-c4c5ccccc5c(-c5ccccc5)c5ccccc45)c4ccccc34)n2)cc1. The van der Waals surface area contributed by atoms with Gasteiger partial charge in [-0.15, -0.1) is 0 Å². The Bertz CT molecular complexity index is 3260. The van der Waals surface area contributed by atoms with E-state index < -0.39 is 0 Å². The fraction of sp³-hybridized carbons (Fsp3) is 0. The summed E-state index contributed by atoms with van der Waals surface area (Å²) in [5.74, 6) is 0.700. The summed E-state index contributed by atoms with van der Waals surface area (Å²) in [7, 11) is 0. The number of rotatable bonds is 6. The van der Waals surface area contributed by atoms with Gasteiger partial charge in [0.05, 0.1) is 11.4 Å². The number of hydrogen-bond acceptors (Lipinski definition) is 2. The second-order valence-corrected chi connectivity index (χ2v) is 14.8. The predicted molar refractivity (Wildman–Crippen MR) is 245 cm³/mol. The van der Waals surface area contributed by atoms with Crippen LogP contribution in [0.5, 0.6) is 0 Å². The van der Waals surface area contributed by atoms with Crippen LogP contribution in [0.1, 0.15) is 0 Å². The monoisotopic (exact) mass is 736 g/mol. The van der Waals surface area contributed by atoms with Crippen molar-refractivity contribution < 1.29 is 0 Å². The van der Waals surface area contributed by atoms with E-state index in [9.17, 15) is 0 Å². The van der Waals surface area contributed by atoms with Crippen LogP contribution in [0, 0.1) is 0 Å². The number of nitrogens with zero attached hydrogens (tertiary/aromatic N) is 2. The molecule has 10 aromatic carbocycles. The topological polar surface area (TPSA) is 25.8 Å². The molecule has 1 heterocycles. The molecule has 0 unspecified atom stereocenters. The van der Waals surface area contributed by atoms with Crippen molar-refractivity contribution in [1.29, 1.82) is 0 Å². The molecule has 0 aliphatic rings. The molecule has 0 radical (unpaired) electrons. The van der Waals surface area contributed by atoms with E-state index in [-0.39, 0.29) is 0 Å². The second-order valence-electron chi connectivity index (χ2n) is 14.8. The largest absolute Gasteiger partial charge is 0.228 e. The molecule has 0 saturated carbocycles. The van der Waals surface area contributed by atoms with Gasteiger partial charge in [-0.2, -0.15) is 0 Å². The summed E-state index contributed by atoms with van der Waals surface area (Å²) in [4.78, 5) is 10.6. The van der Waals surface area contributed by atoms with E-state index in [4.69, 9.17) is 9.97 Å². The summed E-state index contributed by atoms with van der Waals surface area (Å²) < 4.78 is 0. The molecule has 0 saturated heterocycles. The van der Waals surface area contributed by atoms with Crippen LogP contribution >= 0.6 is 0 Å². The lowest BCUT2D eigenvalue weighted by Crippen LogP contribution is -1.98. The van der Waals surface area contributed by atoms with Crippen molar-refractivity contribution >= 4 is 43.1 Å². The Balaban J connectivity index is 1.15. The van der Waals surface area contributed by atoms with Gasteiger partial charge in [-0.25, -0.2) is 9.97 Å². The number of aromatic nitrogens is 2. The zero-order valence-corrected chi connectivity index (χ0v) is 31.7. The van der Waals surface area contributed by atoms with Crippen LogP contribution < -0.4 is 0 Å². The molecule has 11 rings (SSSR count). The van der Waals surface area contributed by atoms with E-state index in [2.05, 4.69) is 212 Å². The first-order chi connectivity index (χ1) is 28.8. The van der Waals surface area contributed by atoms with E-state index in [1.165, 1.54) is 65.7 Å². The molecule has 0 aliphatic heterocycles. The Morgan fingerprint density at radius 2 is 0.552 bits per heavy atom. The van der Waals surface area contributed by atoms with Crippen LogP contribution in [0.3, 0.4) is 0 Å². The summed E-state index contributed by atoms with van der Waals surface area (Å²) in [6.07, 6.45) is 0. The molecule has 0 N–H and O–H groups in total. The predicted octanol–water partition coefficient (Wildman–Crippen LogP) is 15.1. The summed E-state index contributed by atoms with van der Waals surface area (Å²) in [5, 5.41) is 9.64. The maximum absolute atomic E-state index is 5.33. The molecule has 270 valence electrons. The van der Waals surface area contributed by atoms with Crippen molar-refractivity contribution in [2.24, 2.45) is 0 Å². The maximum Gasteiger partial charge on any atom is 0.160 e. The zero-order chi connectivity index (χ0) is 38.4. The highest BCUT2D eigenvalue weighted by atomic mass is 14.9. The smallest absolute Gasteiger partial charge is 0.160 e. The molecular weight excluding hydrogens is 701 g/mol. The normalized spacial score (nSPS) is 11.4. The summed E-state index contributed by atoms with van der Waals surface area (Å²) in [6.45, 7) is 0. The minimum absolute atomic E-state index is 0.700. The van der Waals surface area contributed by atoms with Gasteiger partial charge in [-0.3, -0.25) is 0 Å². The maximum atomic E-state index is 5.33. The molecule has 11 aromatic rings. The van der Waals surface area contributed by atoms with E-state index >= 15 is 0 Å². The zero-order valence-electron chi connectivity index (χ0n) is 31.7. The van der Waals surface area contributed by atoms with Crippen LogP contribution in [-0.4, -0.2) is 9.97 Å². The van der Waals surface area contributed by atoms with Gasteiger partial charge in [0.1, 0.15) is 0 Å². The van der Waals surface area contributed by atoms with Crippen molar-refractivity contribution in [3.8, 4) is 67.3 Å². The number of benzene rings is 10. The van der Waals surface area contributed by atoms with Crippen LogP contribution in [0.2, 0.25) is 0 Å². The minimum Gasteiger partial charge on any atom is -0.228 e.